The molecule has 1 aromatic rings. The highest BCUT2D eigenvalue weighted by Gasteiger charge is 2.30. The number of carbonyl (C=O) groups is 1. The fourth-order valence-electron chi connectivity index (χ4n) is 3.71. The van der Waals surface area contributed by atoms with Crippen molar-refractivity contribution in [3.8, 4) is 0 Å². The lowest BCUT2D eigenvalue weighted by Gasteiger charge is -2.27. The van der Waals surface area contributed by atoms with Gasteiger partial charge in [0.15, 0.2) is 0 Å². The van der Waals surface area contributed by atoms with E-state index in [1.807, 2.05) is 0 Å². The SMILES string of the molecule is Cc1ccc(C(=O)NC2CCCC2CN)cc1S(=O)(=O)N1CCOCC1.Cl. The molecule has 3 rings (SSSR count). The molecule has 0 spiro atoms. The number of rotatable bonds is 5. The summed E-state index contributed by atoms with van der Waals surface area (Å²) in [6.07, 6.45) is 2.99. The van der Waals surface area contributed by atoms with Gasteiger partial charge in [0.1, 0.15) is 0 Å². The number of aryl methyl sites for hydroxylation is 1. The van der Waals surface area contributed by atoms with Gasteiger partial charge in [-0.25, -0.2) is 8.42 Å². The summed E-state index contributed by atoms with van der Waals surface area (Å²) in [5, 5.41) is 3.03. The van der Waals surface area contributed by atoms with E-state index < -0.39 is 10.0 Å². The Labute approximate surface area is 167 Å². The summed E-state index contributed by atoms with van der Waals surface area (Å²) in [6, 6.07) is 4.92. The van der Waals surface area contributed by atoms with Crippen LogP contribution in [0, 0.1) is 12.8 Å². The van der Waals surface area contributed by atoms with Crippen molar-refractivity contribution in [2.45, 2.75) is 37.1 Å². The molecule has 1 heterocycles. The van der Waals surface area contributed by atoms with Crippen molar-refractivity contribution >= 4 is 28.3 Å². The zero-order valence-electron chi connectivity index (χ0n) is 15.5. The van der Waals surface area contributed by atoms with Crippen molar-refractivity contribution in [2.75, 3.05) is 32.8 Å². The van der Waals surface area contributed by atoms with Crippen LogP contribution < -0.4 is 11.1 Å². The van der Waals surface area contributed by atoms with Gasteiger partial charge in [-0.15, -0.1) is 12.4 Å². The van der Waals surface area contributed by atoms with Gasteiger partial charge in [0, 0.05) is 24.7 Å². The smallest absolute Gasteiger partial charge is 0.251 e. The molecular weight excluding hydrogens is 390 g/mol. The van der Waals surface area contributed by atoms with Crippen LogP contribution in [0.4, 0.5) is 0 Å². The second-order valence-electron chi connectivity index (χ2n) is 7.00. The van der Waals surface area contributed by atoms with Crippen molar-refractivity contribution < 1.29 is 17.9 Å². The third-order valence-electron chi connectivity index (χ3n) is 5.32. The number of carbonyl (C=O) groups excluding carboxylic acids is 1. The molecule has 27 heavy (non-hydrogen) atoms. The molecule has 7 nitrogen and oxygen atoms in total. The lowest BCUT2D eigenvalue weighted by molar-refractivity contribution is 0.0730. The van der Waals surface area contributed by atoms with E-state index in [2.05, 4.69) is 5.32 Å². The molecule has 1 amide bonds. The van der Waals surface area contributed by atoms with Gasteiger partial charge in [0.05, 0.1) is 18.1 Å². The molecule has 2 unspecified atom stereocenters. The minimum absolute atomic E-state index is 0. The number of halogens is 1. The number of nitrogens with one attached hydrogen (secondary N) is 1. The zero-order valence-corrected chi connectivity index (χ0v) is 17.2. The van der Waals surface area contributed by atoms with Gasteiger partial charge in [-0.1, -0.05) is 12.5 Å². The van der Waals surface area contributed by atoms with E-state index in [-0.39, 0.29) is 29.3 Å². The Morgan fingerprint density at radius 2 is 2.00 bits per heavy atom. The van der Waals surface area contributed by atoms with Gasteiger partial charge in [-0.2, -0.15) is 4.31 Å². The van der Waals surface area contributed by atoms with Crippen LogP contribution in [0.5, 0.6) is 0 Å². The second-order valence-corrected chi connectivity index (χ2v) is 8.91. The van der Waals surface area contributed by atoms with Crippen molar-refractivity contribution in [3.63, 3.8) is 0 Å². The quantitative estimate of drug-likeness (QED) is 0.751. The molecule has 1 saturated carbocycles. The van der Waals surface area contributed by atoms with Crippen LogP contribution in [0.25, 0.3) is 0 Å². The van der Waals surface area contributed by atoms with Crippen LogP contribution in [0.15, 0.2) is 23.1 Å². The molecular formula is C18H28ClN3O4S. The molecule has 2 atom stereocenters. The van der Waals surface area contributed by atoms with Crippen LogP contribution in [-0.4, -0.2) is 57.5 Å². The Bertz CT molecular complexity index is 766. The summed E-state index contributed by atoms with van der Waals surface area (Å²) in [5.41, 5.74) is 6.77. The Balaban J connectivity index is 0.00000261. The predicted octanol–water partition coefficient (Wildman–Crippen LogP) is 1.29. The van der Waals surface area contributed by atoms with Gasteiger partial charge in [-0.05, 0) is 49.9 Å². The first-order valence-corrected chi connectivity index (χ1v) is 10.6. The lowest BCUT2D eigenvalue weighted by atomic mass is 10.0. The number of nitrogens with zero attached hydrogens (tertiary/aromatic N) is 1. The molecule has 2 fully saturated rings. The normalized spacial score (nSPS) is 23.6. The maximum absolute atomic E-state index is 12.9. The van der Waals surface area contributed by atoms with E-state index in [9.17, 15) is 13.2 Å². The van der Waals surface area contributed by atoms with E-state index in [1.165, 1.54) is 10.4 Å². The number of morpholine rings is 1. The standard InChI is InChI=1S/C18H27N3O4S.ClH/c1-13-5-6-14(18(22)20-16-4-2-3-15(16)12-19)11-17(13)26(23,24)21-7-9-25-10-8-21;/h5-6,11,15-16H,2-4,7-10,12,19H2,1H3,(H,20,22);1H. The fourth-order valence-corrected chi connectivity index (χ4v) is 5.36. The van der Waals surface area contributed by atoms with Crippen molar-refractivity contribution in [1.29, 1.82) is 0 Å². The number of benzene rings is 1. The molecule has 152 valence electrons. The fraction of sp³-hybridized carbons (Fsp3) is 0.611. The zero-order chi connectivity index (χ0) is 18.7. The molecule has 0 bridgehead atoms. The van der Waals surface area contributed by atoms with Crippen LogP contribution in [0.1, 0.15) is 35.2 Å². The third-order valence-corrected chi connectivity index (χ3v) is 7.36. The summed E-state index contributed by atoms with van der Waals surface area (Å²) in [7, 11) is -3.64. The van der Waals surface area contributed by atoms with Gasteiger partial charge in [0.25, 0.3) is 5.91 Å². The number of amides is 1. The molecule has 3 N–H and O–H groups in total. The van der Waals surface area contributed by atoms with Crippen LogP contribution >= 0.6 is 12.4 Å². The number of ether oxygens (including phenoxy) is 1. The van der Waals surface area contributed by atoms with Crippen LogP contribution in [0.2, 0.25) is 0 Å². The van der Waals surface area contributed by atoms with Crippen LogP contribution in [0.3, 0.4) is 0 Å². The minimum Gasteiger partial charge on any atom is -0.379 e. The molecule has 1 aromatic carbocycles. The maximum atomic E-state index is 12.9. The summed E-state index contributed by atoms with van der Waals surface area (Å²) in [4.78, 5) is 12.8. The first-order chi connectivity index (χ1) is 12.4. The highest BCUT2D eigenvalue weighted by Crippen LogP contribution is 2.26. The molecule has 1 saturated heterocycles. The number of sulfonamides is 1. The van der Waals surface area contributed by atoms with Gasteiger partial charge < -0.3 is 15.8 Å². The van der Waals surface area contributed by atoms with E-state index in [4.69, 9.17) is 10.5 Å². The molecule has 0 aromatic heterocycles. The summed E-state index contributed by atoms with van der Waals surface area (Å²) in [5.74, 6) is 0.0507. The Morgan fingerprint density at radius 1 is 1.30 bits per heavy atom. The van der Waals surface area contributed by atoms with Crippen molar-refractivity contribution in [3.05, 3.63) is 29.3 Å². The Morgan fingerprint density at radius 3 is 2.67 bits per heavy atom. The monoisotopic (exact) mass is 417 g/mol. The van der Waals surface area contributed by atoms with Crippen molar-refractivity contribution in [2.24, 2.45) is 11.7 Å². The topological polar surface area (TPSA) is 102 Å². The van der Waals surface area contributed by atoms with Gasteiger partial charge in [0.2, 0.25) is 10.0 Å². The molecule has 0 radical (unpaired) electrons. The van der Waals surface area contributed by atoms with E-state index in [0.717, 1.165) is 19.3 Å². The van der Waals surface area contributed by atoms with E-state index >= 15 is 0 Å². The Hall–Kier alpha value is -1.19. The van der Waals surface area contributed by atoms with Gasteiger partial charge in [-0.3, -0.25) is 4.79 Å². The second kappa shape index (κ2) is 9.34. The minimum atomic E-state index is -3.64. The average molecular weight is 418 g/mol. The first-order valence-electron chi connectivity index (χ1n) is 9.13. The Kier molecular flexibility index (Phi) is 7.64. The summed E-state index contributed by atoms with van der Waals surface area (Å²) in [6.45, 7) is 3.74. The largest absolute Gasteiger partial charge is 0.379 e. The predicted molar refractivity (Wildman–Crippen MR) is 106 cm³/mol. The average Bonchev–Trinajstić information content (AvgIpc) is 3.09. The lowest BCUT2D eigenvalue weighted by Crippen LogP contribution is -2.41. The van der Waals surface area contributed by atoms with Crippen molar-refractivity contribution in [1.82, 2.24) is 9.62 Å². The molecule has 1 aliphatic heterocycles. The highest BCUT2D eigenvalue weighted by molar-refractivity contribution is 7.89. The number of hydrogen-bond acceptors (Lipinski definition) is 5. The molecule has 9 heteroatoms. The first kappa shape index (κ1) is 22.1. The molecule has 2 aliphatic rings. The number of nitrogens with two attached hydrogens (primary N) is 1. The third kappa shape index (κ3) is 4.81. The maximum Gasteiger partial charge on any atom is 0.251 e. The van der Waals surface area contributed by atoms with E-state index in [1.54, 1.807) is 19.1 Å². The summed E-state index contributed by atoms with van der Waals surface area (Å²) >= 11 is 0. The highest BCUT2D eigenvalue weighted by atomic mass is 35.5. The summed E-state index contributed by atoms with van der Waals surface area (Å²) < 4.78 is 32.6. The van der Waals surface area contributed by atoms with Crippen LogP contribution in [-0.2, 0) is 14.8 Å². The number of hydrogen-bond donors (Lipinski definition) is 2. The molecule has 1 aliphatic carbocycles. The van der Waals surface area contributed by atoms with E-state index in [0.29, 0.717) is 49.9 Å². The van der Waals surface area contributed by atoms with Gasteiger partial charge >= 0.3 is 0 Å².